The van der Waals surface area contributed by atoms with Crippen molar-refractivity contribution in [1.29, 1.82) is 0 Å². The molecule has 0 saturated heterocycles. The summed E-state index contributed by atoms with van der Waals surface area (Å²) in [5.41, 5.74) is 2.37. The van der Waals surface area contributed by atoms with Gasteiger partial charge in [0, 0.05) is 16.3 Å². The molecule has 0 aromatic heterocycles. The van der Waals surface area contributed by atoms with Crippen molar-refractivity contribution in [2.75, 3.05) is 17.7 Å². The first-order valence-electron chi connectivity index (χ1n) is 12.7. The predicted octanol–water partition coefficient (Wildman–Crippen LogP) is 7.64. The van der Waals surface area contributed by atoms with Crippen LogP contribution in [0.25, 0.3) is 0 Å². The van der Waals surface area contributed by atoms with Gasteiger partial charge in [-0.05, 0) is 83.8 Å². The average molecular weight is 573 g/mol. The fraction of sp³-hybridized carbons (Fsp3) is 0.156. The zero-order valence-electron chi connectivity index (χ0n) is 22.9. The number of amides is 2. The molecule has 0 fully saturated rings. The van der Waals surface area contributed by atoms with Crippen LogP contribution in [0.5, 0.6) is 17.2 Å². The third-order valence-corrected chi connectivity index (χ3v) is 6.47. The van der Waals surface area contributed by atoms with Gasteiger partial charge >= 0.3 is 5.97 Å². The number of rotatable bonds is 8. The Labute approximate surface area is 242 Å². The number of carbonyl (C=O) groups excluding carboxylic acids is 2. The molecule has 3 N–H and O–H groups in total. The number of benzene rings is 4. The number of halogens is 1. The Morgan fingerprint density at radius 3 is 2.02 bits per heavy atom. The summed E-state index contributed by atoms with van der Waals surface area (Å²) in [6.07, 6.45) is 0. The van der Waals surface area contributed by atoms with Gasteiger partial charge in [-0.1, -0.05) is 44.5 Å². The number of anilines is 2. The van der Waals surface area contributed by atoms with Crippen LogP contribution in [0.15, 0.2) is 84.9 Å². The number of hydrogen-bond acceptors (Lipinski definition) is 5. The van der Waals surface area contributed by atoms with Crippen LogP contribution < -0.4 is 20.1 Å². The summed E-state index contributed by atoms with van der Waals surface area (Å²) in [6, 6.07) is 23.0. The maximum Gasteiger partial charge on any atom is 0.337 e. The van der Waals surface area contributed by atoms with Crippen LogP contribution >= 0.6 is 11.6 Å². The van der Waals surface area contributed by atoms with Gasteiger partial charge in [0.25, 0.3) is 11.8 Å². The maximum atomic E-state index is 12.8. The average Bonchev–Trinajstić information content (AvgIpc) is 2.94. The van der Waals surface area contributed by atoms with Crippen LogP contribution in [-0.2, 0) is 5.41 Å². The smallest absolute Gasteiger partial charge is 0.337 e. The minimum absolute atomic E-state index is 0.00410. The molecule has 0 spiro atoms. The minimum atomic E-state index is -1.25. The molecule has 0 aliphatic carbocycles. The molecule has 9 heteroatoms. The van der Waals surface area contributed by atoms with E-state index in [9.17, 15) is 19.5 Å². The third-order valence-electron chi connectivity index (χ3n) is 6.24. The summed E-state index contributed by atoms with van der Waals surface area (Å²) in [7, 11) is 1.41. The van der Waals surface area contributed by atoms with Gasteiger partial charge in [0.15, 0.2) is 0 Å². The van der Waals surface area contributed by atoms with Gasteiger partial charge < -0.3 is 25.2 Å². The van der Waals surface area contributed by atoms with Gasteiger partial charge in [0.05, 0.1) is 23.9 Å². The third kappa shape index (κ3) is 7.23. The molecule has 2 amide bonds. The summed E-state index contributed by atoms with van der Waals surface area (Å²) in [4.78, 5) is 37.4. The predicted molar refractivity (Wildman–Crippen MR) is 159 cm³/mol. The molecule has 0 aliphatic heterocycles. The van der Waals surface area contributed by atoms with Crippen LogP contribution in [0.1, 0.15) is 57.4 Å². The number of nitrogens with one attached hydrogen (secondary N) is 2. The van der Waals surface area contributed by atoms with Crippen molar-refractivity contribution in [1.82, 2.24) is 0 Å². The number of aromatic carboxylic acids is 1. The van der Waals surface area contributed by atoms with E-state index in [1.807, 2.05) is 12.1 Å². The summed E-state index contributed by atoms with van der Waals surface area (Å²) in [5.74, 6) is -1.11. The van der Waals surface area contributed by atoms with Crippen LogP contribution in [0.3, 0.4) is 0 Å². The lowest BCUT2D eigenvalue weighted by Crippen LogP contribution is -2.15. The zero-order chi connectivity index (χ0) is 29.7. The van der Waals surface area contributed by atoms with Crippen molar-refractivity contribution in [3.8, 4) is 17.2 Å². The van der Waals surface area contributed by atoms with Gasteiger partial charge in [-0.2, -0.15) is 0 Å². The van der Waals surface area contributed by atoms with E-state index in [4.69, 9.17) is 21.1 Å². The molecular formula is C32H29ClN2O6. The molecule has 4 aromatic carbocycles. The van der Waals surface area contributed by atoms with Gasteiger partial charge in [0.2, 0.25) is 0 Å². The zero-order valence-corrected chi connectivity index (χ0v) is 23.7. The Morgan fingerprint density at radius 1 is 0.756 bits per heavy atom. The van der Waals surface area contributed by atoms with Gasteiger partial charge in [-0.3, -0.25) is 9.59 Å². The fourth-order valence-corrected chi connectivity index (χ4v) is 4.14. The van der Waals surface area contributed by atoms with E-state index in [-0.39, 0.29) is 39.6 Å². The molecule has 0 atom stereocenters. The highest BCUT2D eigenvalue weighted by atomic mass is 35.5. The Kier molecular flexibility index (Phi) is 8.64. The quantitative estimate of drug-likeness (QED) is 0.200. The number of carbonyl (C=O) groups is 3. The molecule has 0 heterocycles. The van der Waals surface area contributed by atoms with Crippen molar-refractivity contribution in [3.63, 3.8) is 0 Å². The maximum absolute atomic E-state index is 12.8. The van der Waals surface area contributed by atoms with E-state index in [0.29, 0.717) is 22.0 Å². The second-order valence-electron chi connectivity index (χ2n) is 10.2. The Bertz CT molecular complexity index is 1590. The number of ether oxygens (including phenoxy) is 2. The van der Waals surface area contributed by atoms with Crippen molar-refractivity contribution in [3.05, 3.63) is 112 Å². The first kappa shape index (κ1) is 29.2. The SMILES string of the molecule is COc1cc(Cl)ccc1C(=O)Nc1ccc(Oc2ccc(NC(=O)c3ccc(C(C)(C)C)cc3)cc2)cc1C(=O)O. The van der Waals surface area contributed by atoms with Gasteiger partial charge in [-0.25, -0.2) is 4.79 Å². The highest BCUT2D eigenvalue weighted by Crippen LogP contribution is 2.30. The lowest BCUT2D eigenvalue weighted by atomic mass is 9.87. The van der Waals surface area contributed by atoms with Crippen molar-refractivity contribution < 1.29 is 29.0 Å². The van der Waals surface area contributed by atoms with E-state index in [0.717, 1.165) is 5.56 Å². The molecule has 0 radical (unpaired) electrons. The summed E-state index contributed by atoms with van der Waals surface area (Å²) >= 11 is 5.96. The normalized spacial score (nSPS) is 11.0. The Hall–Kier alpha value is -4.82. The first-order chi connectivity index (χ1) is 19.4. The van der Waals surface area contributed by atoms with Crippen LogP contribution in [0.2, 0.25) is 5.02 Å². The molecule has 41 heavy (non-hydrogen) atoms. The standard InChI is InChI=1S/C32H29ClN2O6/c1-32(2,3)20-7-5-19(6-8-20)29(36)34-22-10-12-23(13-11-22)41-24-14-16-27(26(18-24)31(38)39)35-30(37)25-15-9-21(33)17-28(25)40-4/h5-18H,1-4H3,(H,34,36)(H,35,37)(H,38,39). The van der Waals surface area contributed by atoms with Crippen molar-refractivity contribution in [2.45, 2.75) is 26.2 Å². The van der Waals surface area contributed by atoms with Crippen LogP contribution in [0, 0.1) is 0 Å². The number of carboxylic acids is 1. The fourth-order valence-electron chi connectivity index (χ4n) is 3.98. The lowest BCUT2D eigenvalue weighted by molar-refractivity contribution is 0.0697. The topological polar surface area (TPSA) is 114 Å². The summed E-state index contributed by atoms with van der Waals surface area (Å²) < 4.78 is 11.0. The molecule has 4 aromatic rings. The largest absolute Gasteiger partial charge is 0.496 e. The van der Waals surface area contributed by atoms with Crippen LogP contribution in [-0.4, -0.2) is 30.0 Å². The Morgan fingerprint density at radius 2 is 1.41 bits per heavy atom. The first-order valence-corrected chi connectivity index (χ1v) is 13.0. The second-order valence-corrected chi connectivity index (χ2v) is 10.7. The number of methoxy groups -OCH3 is 1. The highest BCUT2D eigenvalue weighted by Gasteiger charge is 2.18. The second kappa shape index (κ2) is 12.1. The molecule has 4 rings (SSSR count). The summed E-state index contributed by atoms with van der Waals surface area (Å²) in [6.45, 7) is 6.34. The van der Waals surface area contributed by atoms with E-state index < -0.39 is 11.9 Å². The molecule has 210 valence electrons. The molecule has 0 aliphatic rings. The highest BCUT2D eigenvalue weighted by molar-refractivity contribution is 6.31. The van der Waals surface area contributed by atoms with E-state index >= 15 is 0 Å². The summed E-state index contributed by atoms with van der Waals surface area (Å²) in [5, 5.41) is 15.6. The number of carboxylic acid groups (broad SMARTS) is 1. The van der Waals surface area contributed by atoms with Crippen LogP contribution in [0.4, 0.5) is 11.4 Å². The van der Waals surface area contributed by atoms with E-state index in [1.165, 1.54) is 43.5 Å². The van der Waals surface area contributed by atoms with E-state index in [2.05, 4.69) is 31.4 Å². The van der Waals surface area contributed by atoms with Crippen molar-refractivity contribution in [2.24, 2.45) is 0 Å². The van der Waals surface area contributed by atoms with Gasteiger partial charge in [-0.15, -0.1) is 0 Å². The lowest BCUT2D eigenvalue weighted by Gasteiger charge is -2.19. The number of hydrogen-bond donors (Lipinski definition) is 3. The minimum Gasteiger partial charge on any atom is -0.496 e. The molecular weight excluding hydrogens is 544 g/mol. The monoisotopic (exact) mass is 572 g/mol. The van der Waals surface area contributed by atoms with Gasteiger partial charge in [0.1, 0.15) is 17.2 Å². The molecule has 8 nitrogen and oxygen atoms in total. The van der Waals surface area contributed by atoms with Crippen molar-refractivity contribution >= 4 is 40.8 Å². The molecule has 0 saturated carbocycles. The molecule has 0 unspecified atom stereocenters. The van der Waals surface area contributed by atoms with E-state index in [1.54, 1.807) is 36.4 Å². The Balaban J connectivity index is 1.44. The molecule has 0 bridgehead atoms.